The first-order valence-corrected chi connectivity index (χ1v) is 14.6. The molecule has 38 heavy (non-hydrogen) atoms. The topological polar surface area (TPSA) is 87.1 Å². The minimum absolute atomic E-state index is 0.0121. The fourth-order valence-corrected chi connectivity index (χ4v) is 7.62. The summed E-state index contributed by atoms with van der Waals surface area (Å²) in [6.07, 6.45) is 10.5. The summed E-state index contributed by atoms with van der Waals surface area (Å²) in [5.41, 5.74) is 6.39. The molecule has 6 nitrogen and oxygen atoms in total. The molecule has 1 aromatic carbocycles. The van der Waals surface area contributed by atoms with Crippen molar-refractivity contribution in [3.8, 4) is 5.75 Å². The van der Waals surface area contributed by atoms with Crippen molar-refractivity contribution < 1.29 is 24.4 Å². The van der Waals surface area contributed by atoms with Gasteiger partial charge in [0.1, 0.15) is 5.75 Å². The van der Waals surface area contributed by atoms with Crippen molar-refractivity contribution in [3.63, 3.8) is 0 Å². The van der Waals surface area contributed by atoms with Crippen molar-refractivity contribution in [1.82, 2.24) is 4.90 Å². The van der Waals surface area contributed by atoms with Crippen LogP contribution in [-0.2, 0) is 14.2 Å². The number of phenolic OH excluding ortho intramolecular Hbond substituents is 1. The molecule has 7 heteroatoms. The van der Waals surface area contributed by atoms with E-state index < -0.39 is 7.12 Å². The smallest absolute Gasteiger partial charge is 0.455 e. The van der Waals surface area contributed by atoms with Gasteiger partial charge in [-0.25, -0.2) is 0 Å². The summed E-state index contributed by atoms with van der Waals surface area (Å²) in [6.45, 7) is 8.06. The van der Waals surface area contributed by atoms with Crippen LogP contribution in [0.3, 0.4) is 0 Å². The van der Waals surface area contributed by atoms with Crippen LogP contribution in [0.25, 0.3) is 6.08 Å². The van der Waals surface area contributed by atoms with Crippen molar-refractivity contribution in [2.75, 3.05) is 0 Å². The largest absolute Gasteiger partial charge is 0.507 e. The van der Waals surface area contributed by atoms with Gasteiger partial charge in [0.25, 0.3) is 0 Å². The van der Waals surface area contributed by atoms with Gasteiger partial charge in [-0.05, 0) is 106 Å². The Kier molecular flexibility index (Phi) is 7.88. The number of benzene rings is 1. The van der Waals surface area contributed by atoms with Gasteiger partial charge >= 0.3 is 7.12 Å². The number of hydrogen-bond acceptors (Lipinski definition) is 5. The molecular formula is C31H42BNO5. The van der Waals surface area contributed by atoms with Crippen molar-refractivity contribution in [3.05, 3.63) is 45.5 Å². The number of aryl methyl sites for hydroxylation is 2. The van der Waals surface area contributed by atoms with Crippen molar-refractivity contribution >= 4 is 25.0 Å². The summed E-state index contributed by atoms with van der Waals surface area (Å²) in [6, 6.07) is 4.05. The van der Waals surface area contributed by atoms with E-state index in [1.807, 2.05) is 26.0 Å². The highest BCUT2D eigenvalue weighted by atomic mass is 16.5. The van der Waals surface area contributed by atoms with E-state index in [4.69, 9.17) is 4.65 Å². The highest BCUT2D eigenvalue weighted by molar-refractivity contribution is 6.43. The maximum atomic E-state index is 13.8. The monoisotopic (exact) mass is 519 g/mol. The summed E-state index contributed by atoms with van der Waals surface area (Å²) in [4.78, 5) is 28.9. The lowest BCUT2D eigenvalue weighted by Crippen LogP contribution is -2.46. The van der Waals surface area contributed by atoms with Crippen molar-refractivity contribution in [2.24, 2.45) is 17.8 Å². The molecule has 4 aliphatic rings. The number of aromatic hydroxyl groups is 1. The Morgan fingerprint density at radius 1 is 1.08 bits per heavy atom. The second-order valence-corrected chi connectivity index (χ2v) is 12.0. The van der Waals surface area contributed by atoms with E-state index >= 15 is 0 Å². The molecule has 0 bridgehead atoms. The molecule has 0 aromatic heterocycles. The number of phenols is 1. The first-order chi connectivity index (χ1) is 18.2. The van der Waals surface area contributed by atoms with Crippen LogP contribution in [0.4, 0.5) is 0 Å². The summed E-state index contributed by atoms with van der Waals surface area (Å²) >= 11 is 0. The van der Waals surface area contributed by atoms with Gasteiger partial charge in [0.05, 0.1) is 17.9 Å². The standard InChI is InChI=1S/C31H42BNO5/c1-5-21(16-22-13-19(3)29(34)20(4)14-22)11-12-26-27-18(2)15-24-28(25(27)17-32(37)38-26)31(36)33(30(24)35)23-9-7-6-8-10-23/h13-14,16,23-26,28,34,37H,5-12,15,17H2,1-4H3/b21-16+/t24-,25+,26-,28-/m1/s1. The van der Waals surface area contributed by atoms with Crippen LogP contribution < -0.4 is 0 Å². The molecule has 0 spiro atoms. The van der Waals surface area contributed by atoms with Crippen LogP contribution in [0, 0.1) is 31.6 Å². The zero-order chi connectivity index (χ0) is 27.1. The Hall–Kier alpha value is -2.38. The van der Waals surface area contributed by atoms with Crippen LogP contribution in [0.2, 0.25) is 6.32 Å². The Labute approximate surface area is 227 Å². The third-order valence-corrected chi connectivity index (χ3v) is 9.49. The lowest BCUT2D eigenvalue weighted by Gasteiger charge is -2.42. The zero-order valence-corrected chi connectivity index (χ0v) is 23.3. The average Bonchev–Trinajstić information content (AvgIpc) is 3.14. The molecule has 2 amide bonds. The van der Waals surface area contributed by atoms with E-state index in [0.717, 1.165) is 72.8 Å². The number of amides is 2. The third kappa shape index (κ3) is 5.00. The molecule has 0 radical (unpaired) electrons. The number of likely N-dealkylation sites (tertiary alicyclic amines) is 1. The van der Waals surface area contributed by atoms with Gasteiger partial charge in [-0.2, -0.15) is 0 Å². The number of carbonyl (C=O) groups excluding carboxylic acids is 2. The van der Waals surface area contributed by atoms with Gasteiger partial charge < -0.3 is 14.8 Å². The fourth-order valence-electron chi connectivity index (χ4n) is 7.62. The quantitative estimate of drug-likeness (QED) is 0.285. The maximum absolute atomic E-state index is 13.8. The molecule has 1 saturated carbocycles. The maximum Gasteiger partial charge on any atom is 0.455 e. The minimum Gasteiger partial charge on any atom is -0.507 e. The van der Waals surface area contributed by atoms with Gasteiger partial charge in [0.2, 0.25) is 11.8 Å². The van der Waals surface area contributed by atoms with E-state index in [1.54, 1.807) is 4.90 Å². The van der Waals surface area contributed by atoms with Gasteiger partial charge in [0, 0.05) is 6.04 Å². The third-order valence-electron chi connectivity index (χ3n) is 9.49. The molecule has 4 atom stereocenters. The molecule has 2 N–H and O–H groups in total. The van der Waals surface area contributed by atoms with E-state index in [1.165, 1.54) is 12.0 Å². The predicted octanol–water partition coefficient (Wildman–Crippen LogP) is 5.73. The SMILES string of the molecule is CC/C(=C\c1cc(C)c(O)c(C)c1)CC[C@H]1OB(O)C[C@H]2C1=C(C)C[C@H]1C(=O)N(C3CCCCC3)C(=O)[C@H]12. The molecule has 3 fully saturated rings. The van der Waals surface area contributed by atoms with Crippen LogP contribution >= 0.6 is 0 Å². The zero-order valence-electron chi connectivity index (χ0n) is 23.3. The fraction of sp³-hybridized carbons (Fsp3) is 0.613. The number of fused-ring (bicyclic) bond motifs is 3. The predicted molar refractivity (Wildman–Crippen MR) is 149 cm³/mol. The Balaban J connectivity index is 1.36. The van der Waals surface area contributed by atoms with Crippen molar-refractivity contribution in [1.29, 1.82) is 0 Å². The second kappa shape index (κ2) is 11.0. The summed E-state index contributed by atoms with van der Waals surface area (Å²) in [7, 11) is -0.927. The molecule has 5 rings (SSSR count). The second-order valence-electron chi connectivity index (χ2n) is 12.0. The summed E-state index contributed by atoms with van der Waals surface area (Å²) < 4.78 is 6.11. The lowest BCUT2D eigenvalue weighted by atomic mass is 9.58. The average molecular weight is 519 g/mol. The van der Waals surface area contributed by atoms with Crippen molar-refractivity contribution in [2.45, 2.75) is 104 Å². The number of nitrogens with zero attached hydrogens (tertiary/aromatic N) is 1. The summed E-state index contributed by atoms with van der Waals surface area (Å²) in [5.74, 6) is -0.454. The number of carbonyl (C=O) groups is 2. The molecule has 1 aromatic rings. The molecule has 2 heterocycles. The molecular weight excluding hydrogens is 477 g/mol. The first-order valence-electron chi connectivity index (χ1n) is 14.6. The van der Waals surface area contributed by atoms with E-state index in [0.29, 0.717) is 18.5 Å². The molecule has 2 aliphatic carbocycles. The number of allylic oxidation sites excluding steroid dienone is 2. The number of hydrogen-bond donors (Lipinski definition) is 2. The van der Waals surface area contributed by atoms with E-state index in [9.17, 15) is 19.7 Å². The number of rotatable bonds is 6. The molecule has 0 unspecified atom stereocenters. The molecule has 2 aliphatic heterocycles. The van der Waals surface area contributed by atoms with Gasteiger partial charge in [-0.15, -0.1) is 0 Å². The van der Waals surface area contributed by atoms with Gasteiger partial charge in [-0.3, -0.25) is 14.5 Å². The Bertz CT molecular complexity index is 1140. The first kappa shape index (κ1) is 27.2. The summed E-state index contributed by atoms with van der Waals surface area (Å²) in [5, 5.41) is 20.9. The molecule has 2 saturated heterocycles. The van der Waals surface area contributed by atoms with Crippen LogP contribution in [0.15, 0.2) is 28.9 Å². The van der Waals surface area contributed by atoms with E-state index in [-0.39, 0.29) is 41.7 Å². The minimum atomic E-state index is -0.927. The van der Waals surface area contributed by atoms with Crippen LogP contribution in [0.5, 0.6) is 5.75 Å². The Morgan fingerprint density at radius 3 is 2.42 bits per heavy atom. The normalized spacial score (nSPS) is 28.7. The lowest BCUT2D eigenvalue weighted by molar-refractivity contribution is -0.143. The van der Waals surface area contributed by atoms with Crippen LogP contribution in [-0.4, -0.2) is 46.1 Å². The Morgan fingerprint density at radius 2 is 1.76 bits per heavy atom. The van der Waals surface area contributed by atoms with E-state index in [2.05, 4.69) is 19.9 Å². The highest BCUT2D eigenvalue weighted by Gasteiger charge is 2.57. The highest BCUT2D eigenvalue weighted by Crippen LogP contribution is 2.51. The van der Waals surface area contributed by atoms with Gasteiger partial charge in [0.15, 0.2) is 0 Å². The van der Waals surface area contributed by atoms with Crippen LogP contribution in [0.1, 0.15) is 88.3 Å². The number of imide groups is 1. The molecule has 204 valence electrons. The van der Waals surface area contributed by atoms with Gasteiger partial charge in [-0.1, -0.05) is 43.4 Å².